The quantitative estimate of drug-likeness (QED) is 0.508. The van der Waals surface area contributed by atoms with Crippen molar-refractivity contribution in [2.24, 2.45) is 0 Å². The van der Waals surface area contributed by atoms with Crippen molar-refractivity contribution in [3.05, 3.63) is 76.5 Å². The van der Waals surface area contributed by atoms with Crippen LogP contribution in [0.1, 0.15) is 30.0 Å². The highest BCUT2D eigenvalue weighted by atomic mass is 79.9. The number of aliphatic hydroxyl groups excluding tert-OH is 1. The Hall–Kier alpha value is -2.29. The maximum atomic E-state index is 14.4. The monoisotopic (exact) mass is 475 g/mol. The number of halogens is 2. The Labute approximate surface area is 181 Å². The van der Waals surface area contributed by atoms with Crippen LogP contribution in [0.4, 0.5) is 4.39 Å². The van der Waals surface area contributed by atoms with Gasteiger partial charge in [0.2, 0.25) is 0 Å². The van der Waals surface area contributed by atoms with Gasteiger partial charge in [-0.2, -0.15) is 0 Å². The second-order valence-corrected chi connectivity index (χ2v) is 8.03. The topological polar surface area (TPSA) is 61.5 Å². The zero-order valence-corrected chi connectivity index (χ0v) is 17.8. The fourth-order valence-corrected chi connectivity index (χ4v) is 4.21. The Morgan fingerprint density at radius 1 is 1.24 bits per heavy atom. The highest BCUT2D eigenvalue weighted by Crippen LogP contribution is 2.40. The second kappa shape index (κ2) is 8.61. The molecule has 1 aliphatic rings. The minimum atomic E-state index is -0.362. The van der Waals surface area contributed by atoms with Crippen LogP contribution < -0.4 is 5.32 Å². The van der Waals surface area contributed by atoms with Gasteiger partial charge in [0.25, 0.3) is 0 Å². The van der Waals surface area contributed by atoms with Gasteiger partial charge < -0.3 is 19.7 Å². The van der Waals surface area contributed by atoms with Gasteiger partial charge in [0.1, 0.15) is 23.4 Å². The maximum absolute atomic E-state index is 14.4. The van der Waals surface area contributed by atoms with E-state index in [1.165, 1.54) is 6.07 Å². The first-order valence-electron chi connectivity index (χ1n) is 9.22. The van der Waals surface area contributed by atoms with E-state index < -0.39 is 0 Å². The summed E-state index contributed by atoms with van der Waals surface area (Å²) in [6.07, 6.45) is 2.31. The van der Waals surface area contributed by atoms with E-state index >= 15 is 0 Å². The van der Waals surface area contributed by atoms with Crippen LogP contribution in [0, 0.1) is 5.82 Å². The lowest BCUT2D eigenvalue weighted by Gasteiger charge is -2.25. The standard InChI is InChI=1S/C21H19BrFN3O2S/c22-13-5-6-14(15(23)12-13)17-7-8-18(28-17)20-19(16-4-1-2-9-24-16)25-21(29)26(20)10-3-11-27/h1-2,4-9,12,19-20,27H,3,10-11H2,(H,25,29). The molecule has 0 amide bonds. The average molecular weight is 476 g/mol. The molecule has 2 N–H and O–H groups in total. The lowest BCUT2D eigenvalue weighted by molar-refractivity contribution is 0.232. The van der Waals surface area contributed by atoms with Gasteiger partial charge in [0.05, 0.1) is 17.3 Å². The van der Waals surface area contributed by atoms with Crippen molar-refractivity contribution in [1.29, 1.82) is 0 Å². The summed E-state index contributed by atoms with van der Waals surface area (Å²) in [5.41, 5.74) is 1.23. The van der Waals surface area contributed by atoms with Crippen LogP contribution in [0.15, 0.2) is 63.6 Å². The first-order valence-corrected chi connectivity index (χ1v) is 10.4. The molecule has 5 nitrogen and oxygen atoms in total. The van der Waals surface area contributed by atoms with E-state index in [9.17, 15) is 9.50 Å². The largest absolute Gasteiger partial charge is 0.459 e. The van der Waals surface area contributed by atoms with Crippen LogP contribution >= 0.6 is 28.1 Å². The minimum Gasteiger partial charge on any atom is -0.459 e. The lowest BCUT2D eigenvalue weighted by atomic mass is 10.0. The third-order valence-corrected chi connectivity index (χ3v) is 5.72. The normalized spacial score (nSPS) is 18.9. The Morgan fingerprint density at radius 2 is 2.10 bits per heavy atom. The number of hydrogen-bond donors (Lipinski definition) is 2. The van der Waals surface area contributed by atoms with E-state index in [-0.39, 0.29) is 24.5 Å². The highest BCUT2D eigenvalue weighted by Gasteiger charge is 2.41. The molecule has 0 bridgehead atoms. The zero-order chi connectivity index (χ0) is 20.4. The first kappa shape index (κ1) is 20.0. The molecule has 2 atom stereocenters. The Bertz CT molecular complexity index is 1010. The van der Waals surface area contributed by atoms with Gasteiger partial charge in [-0.3, -0.25) is 4.98 Å². The molecule has 150 valence electrons. The summed E-state index contributed by atoms with van der Waals surface area (Å²) in [6.45, 7) is 0.632. The third-order valence-electron chi connectivity index (χ3n) is 4.87. The Kier molecular flexibility index (Phi) is 5.94. The SMILES string of the molecule is OCCCN1C(=S)NC(c2ccccn2)C1c1ccc(-c2ccc(Br)cc2F)o1. The van der Waals surface area contributed by atoms with Gasteiger partial charge in [0, 0.05) is 23.8 Å². The number of thiocarbonyl (C=S) groups is 1. The molecule has 1 fully saturated rings. The zero-order valence-electron chi connectivity index (χ0n) is 15.4. The minimum absolute atomic E-state index is 0.0631. The molecule has 1 saturated heterocycles. The molecule has 3 heterocycles. The Balaban J connectivity index is 1.72. The molecule has 0 saturated carbocycles. The molecule has 2 aromatic heterocycles. The summed E-state index contributed by atoms with van der Waals surface area (Å²) >= 11 is 8.81. The van der Waals surface area contributed by atoms with E-state index in [2.05, 4.69) is 26.2 Å². The molecule has 0 aliphatic carbocycles. The van der Waals surface area contributed by atoms with E-state index in [4.69, 9.17) is 16.6 Å². The lowest BCUT2D eigenvalue weighted by Crippen LogP contribution is -2.30. The molecule has 2 unspecified atom stereocenters. The van der Waals surface area contributed by atoms with Gasteiger partial charge in [-0.05, 0) is 61.1 Å². The Morgan fingerprint density at radius 3 is 2.83 bits per heavy atom. The van der Waals surface area contributed by atoms with E-state index in [0.29, 0.717) is 39.6 Å². The van der Waals surface area contributed by atoms with Crippen LogP contribution in [-0.4, -0.2) is 33.3 Å². The number of aromatic nitrogens is 1. The summed E-state index contributed by atoms with van der Waals surface area (Å²) in [5, 5.41) is 13.2. The number of benzene rings is 1. The average Bonchev–Trinajstić information content (AvgIpc) is 3.31. The van der Waals surface area contributed by atoms with Crippen LogP contribution in [-0.2, 0) is 0 Å². The molecule has 3 aromatic rings. The molecular formula is C21H19BrFN3O2S. The maximum Gasteiger partial charge on any atom is 0.170 e. The second-order valence-electron chi connectivity index (χ2n) is 6.72. The summed E-state index contributed by atoms with van der Waals surface area (Å²) in [6, 6.07) is 13.7. The molecule has 4 rings (SSSR count). The van der Waals surface area contributed by atoms with Crippen LogP contribution in [0.5, 0.6) is 0 Å². The van der Waals surface area contributed by atoms with Crippen LogP contribution in [0.25, 0.3) is 11.3 Å². The number of hydrogen-bond acceptors (Lipinski definition) is 4. The highest BCUT2D eigenvalue weighted by molar-refractivity contribution is 9.10. The van der Waals surface area contributed by atoms with E-state index in [1.54, 1.807) is 24.4 Å². The number of pyridine rings is 1. The number of furan rings is 1. The van der Waals surface area contributed by atoms with E-state index in [0.717, 1.165) is 5.69 Å². The molecule has 1 aliphatic heterocycles. The van der Waals surface area contributed by atoms with Gasteiger partial charge >= 0.3 is 0 Å². The molecule has 29 heavy (non-hydrogen) atoms. The van der Waals surface area contributed by atoms with Gasteiger partial charge in [-0.1, -0.05) is 22.0 Å². The van der Waals surface area contributed by atoms with Crippen molar-refractivity contribution in [3.63, 3.8) is 0 Å². The van der Waals surface area contributed by atoms with Crippen LogP contribution in [0.3, 0.4) is 0 Å². The summed E-state index contributed by atoms with van der Waals surface area (Å²) < 4.78 is 21.2. The van der Waals surface area contributed by atoms with Crippen molar-refractivity contribution in [2.45, 2.75) is 18.5 Å². The third kappa shape index (κ3) is 4.05. The van der Waals surface area contributed by atoms with Crippen molar-refractivity contribution >= 4 is 33.3 Å². The smallest absolute Gasteiger partial charge is 0.170 e. The molecule has 0 spiro atoms. The van der Waals surface area contributed by atoms with E-state index in [1.807, 2.05) is 29.2 Å². The number of aliphatic hydroxyl groups is 1. The number of nitrogens with zero attached hydrogens (tertiary/aromatic N) is 2. The summed E-state index contributed by atoms with van der Waals surface area (Å²) in [7, 11) is 0. The van der Waals surface area contributed by atoms with Gasteiger partial charge in [-0.15, -0.1) is 0 Å². The number of nitrogens with one attached hydrogen (secondary N) is 1. The van der Waals surface area contributed by atoms with Crippen molar-refractivity contribution in [3.8, 4) is 11.3 Å². The molecular weight excluding hydrogens is 457 g/mol. The van der Waals surface area contributed by atoms with Crippen LogP contribution in [0.2, 0.25) is 0 Å². The predicted molar refractivity (Wildman–Crippen MR) is 116 cm³/mol. The summed E-state index contributed by atoms with van der Waals surface area (Å²) in [5.74, 6) is 0.742. The van der Waals surface area contributed by atoms with Gasteiger partial charge in [-0.25, -0.2) is 4.39 Å². The molecule has 0 radical (unpaired) electrons. The fourth-order valence-electron chi connectivity index (χ4n) is 3.54. The molecule has 8 heteroatoms. The van der Waals surface area contributed by atoms with Crippen molar-refractivity contribution < 1.29 is 13.9 Å². The van der Waals surface area contributed by atoms with Crippen molar-refractivity contribution in [1.82, 2.24) is 15.2 Å². The number of rotatable bonds is 6. The summed E-state index contributed by atoms with van der Waals surface area (Å²) in [4.78, 5) is 6.46. The van der Waals surface area contributed by atoms with Gasteiger partial charge in [0.15, 0.2) is 5.11 Å². The molecule has 1 aromatic carbocycles. The first-order chi connectivity index (χ1) is 14.1. The predicted octanol–water partition coefficient (Wildman–Crippen LogP) is 4.60. The van der Waals surface area contributed by atoms with Crippen molar-refractivity contribution in [2.75, 3.05) is 13.2 Å². The fraction of sp³-hybridized carbons (Fsp3) is 0.238.